The minimum atomic E-state index is 0.535. The number of halogens is 2. The van der Waals surface area contributed by atoms with E-state index in [9.17, 15) is 0 Å². The lowest BCUT2D eigenvalue weighted by molar-refractivity contribution is 0.746. The van der Waals surface area contributed by atoms with Crippen molar-refractivity contribution in [2.24, 2.45) is 11.8 Å². The average Bonchev–Trinajstić information content (AvgIpc) is 3.13. The predicted molar refractivity (Wildman–Crippen MR) is 95.7 cm³/mol. The third-order valence-electron chi connectivity index (χ3n) is 4.47. The zero-order valence-electron chi connectivity index (χ0n) is 11.7. The minimum absolute atomic E-state index is 0.535. The van der Waals surface area contributed by atoms with Crippen LogP contribution in [0.25, 0.3) is 11.1 Å². The van der Waals surface area contributed by atoms with Crippen LogP contribution < -0.4 is 0 Å². The largest absolute Gasteiger partial charge is 0.128 e. The molecule has 108 valence electrons. The summed E-state index contributed by atoms with van der Waals surface area (Å²) in [6.07, 6.45) is 5.92. The van der Waals surface area contributed by atoms with Crippen LogP contribution in [0.5, 0.6) is 0 Å². The lowest BCUT2D eigenvalue weighted by atomic mass is 9.88. The Morgan fingerprint density at radius 3 is 1.62 bits per heavy atom. The predicted octanol–water partition coefficient (Wildman–Crippen LogP) is 6.85. The third kappa shape index (κ3) is 2.16. The molecule has 0 N–H and O–H groups in total. The van der Waals surface area contributed by atoms with Crippen molar-refractivity contribution >= 4 is 57.0 Å². The number of thiophene rings is 2. The molecule has 2 aromatic rings. The first-order valence-corrected chi connectivity index (χ1v) is 9.38. The van der Waals surface area contributed by atoms with Gasteiger partial charge in [0.2, 0.25) is 0 Å². The number of aryl methyl sites for hydroxylation is 2. The molecule has 0 spiro atoms. The van der Waals surface area contributed by atoms with Gasteiger partial charge in [-0.15, -0.1) is 22.7 Å². The van der Waals surface area contributed by atoms with Crippen molar-refractivity contribution in [3.8, 4) is 0 Å². The highest BCUT2D eigenvalue weighted by Crippen LogP contribution is 2.55. The van der Waals surface area contributed by atoms with Crippen molar-refractivity contribution < 1.29 is 0 Å². The van der Waals surface area contributed by atoms with E-state index in [0.717, 1.165) is 8.67 Å². The highest BCUT2D eigenvalue weighted by atomic mass is 35.5. The van der Waals surface area contributed by atoms with Gasteiger partial charge in [0.05, 0.1) is 8.67 Å². The van der Waals surface area contributed by atoms with Crippen LogP contribution in [0.2, 0.25) is 8.67 Å². The maximum absolute atomic E-state index is 6.23. The Bertz CT molecular complexity index is 728. The molecule has 0 saturated heterocycles. The summed E-state index contributed by atoms with van der Waals surface area (Å²) in [4.78, 5) is 2.62. The molecule has 0 saturated carbocycles. The molecule has 2 aliphatic carbocycles. The van der Waals surface area contributed by atoms with Gasteiger partial charge in [-0.25, -0.2) is 0 Å². The molecular formula is C17H14Cl2S2. The van der Waals surface area contributed by atoms with Gasteiger partial charge < -0.3 is 0 Å². The molecule has 2 aromatic heterocycles. The quantitative estimate of drug-likeness (QED) is 0.518. The second kappa shape index (κ2) is 4.99. The first kappa shape index (κ1) is 14.1. The molecule has 0 amide bonds. The van der Waals surface area contributed by atoms with Crippen LogP contribution in [-0.2, 0) is 0 Å². The molecule has 4 rings (SSSR count). The van der Waals surface area contributed by atoms with E-state index < -0.39 is 0 Å². The van der Waals surface area contributed by atoms with E-state index >= 15 is 0 Å². The maximum Gasteiger partial charge on any atom is 0.0937 e. The van der Waals surface area contributed by atoms with Crippen molar-refractivity contribution in [3.05, 3.63) is 53.8 Å². The number of fused-ring (bicyclic) bond motifs is 2. The monoisotopic (exact) mass is 352 g/mol. The molecule has 2 unspecified atom stereocenters. The van der Waals surface area contributed by atoms with Gasteiger partial charge in [-0.2, -0.15) is 0 Å². The van der Waals surface area contributed by atoms with Gasteiger partial charge in [-0.1, -0.05) is 35.4 Å². The standard InChI is InChI=1S/C17H14Cl2S2/c1-8-12(6-14(18)20-8)16-10-3-4-11(5-10)17(16)13-7-15(19)21-9(13)2/h3-4,6-7,10-11H,5H2,1-2H3. The highest BCUT2D eigenvalue weighted by Gasteiger charge is 2.38. The second-order valence-electron chi connectivity index (χ2n) is 5.70. The lowest BCUT2D eigenvalue weighted by Crippen LogP contribution is -1.98. The highest BCUT2D eigenvalue weighted by molar-refractivity contribution is 7.16. The first-order chi connectivity index (χ1) is 10.0. The fourth-order valence-corrected chi connectivity index (χ4v) is 6.05. The summed E-state index contributed by atoms with van der Waals surface area (Å²) in [6.45, 7) is 4.33. The van der Waals surface area contributed by atoms with Crippen molar-refractivity contribution in [1.82, 2.24) is 0 Å². The normalized spacial score (nSPS) is 23.6. The van der Waals surface area contributed by atoms with Gasteiger partial charge >= 0.3 is 0 Å². The Balaban J connectivity index is 1.96. The van der Waals surface area contributed by atoms with Gasteiger partial charge in [0.25, 0.3) is 0 Å². The van der Waals surface area contributed by atoms with E-state index in [0.29, 0.717) is 11.8 Å². The van der Waals surface area contributed by atoms with Gasteiger partial charge in [0, 0.05) is 21.6 Å². The Hall–Kier alpha value is -0.540. The first-order valence-electron chi connectivity index (χ1n) is 6.99. The smallest absolute Gasteiger partial charge is 0.0937 e. The number of allylic oxidation sites excluding steroid dienone is 4. The van der Waals surface area contributed by atoms with Gasteiger partial charge in [0.1, 0.15) is 0 Å². The fraction of sp³-hybridized carbons (Fsp3) is 0.294. The van der Waals surface area contributed by atoms with Crippen molar-refractivity contribution in [3.63, 3.8) is 0 Å². The summed E-state index contributed by atoms with van der Waals surface area (Å²) in [7, 11) is 0. The molecule has 2 bridgehead atoms. The summed E-state index contributed by atoms with van der Waals surface area (Å²) in [5.41, 5.74) is 5.61. The van der Waals surface area contributed by atoms with Crippen LogP contribution in [0.1, 0.15) is 27.3 Å². The minimum Gasteiger partial charge on any atom is -0.128 e. The molecule has 4 heteroatoms. The van der Waals surface area contributed by atoms with Gasteiger partial charge in [-0.05, 0) is 54.7 Å². The lowest BCUT2D eigenvalue weighted by Gasteiger charge is -2.17. The van der Waals surface area contributed by atoms with Crippen LogP contribution in [0, 0.1) is 25.7 Å². The molecule has 21 heavy (non-hydrogen) atoms. The van der Waals surface area contributed by atoms with Gasteiger partial charge in [0.15, 0.2) is 0 Å². The molecule has 2 aliphatic rings. The fourth-order valence-electron chi connectivity index (χ4n) is 3.64. The van der Waals surface area contributed by atoms with Crippen LogP contribution in [-0.4, -0.2) is 0 Å². The Kier molecular flexibility index (Phi) is 3.34. The van der Waals surface area contributed by atoms with Crippen molar-refractivity contribution in [1.29, 1.82) is 0 Å². The molecule has 2 heterocycles. The zero-order valence-corrected chi connectivity index (χ0v) is 14.9. The number of hydrogen-bond donors (Lipinski definition) is 0. The topological polar surface area (TPSA) is 0 Å². The maximum atomic E-state index is 6.23. The molecular weight excluding hydrogens is 339 g/mol. The van der Waals surface area contributed by atoms with Crippen LogP contribution in [0.15, 0.2) is 24.3 Å². The molecule has 0 aliphatic heterocycles. The number of rotatable bonds is 2. The Morgan fingerprint density at radius 1 is 0.857 bits per heavy atom. The van der Waals surface area contributed by atoms with E-state index in [1.165, 1.54) is 38.4 Å². The second-order valence-corrected chi connectivity index (χ2v) is 9.48. The van der Waals surface area contributed by atoms with Crippen molar-refractivity contribution in [2.75, 3.05) is 0 Å². The molecule has 2 atom stereocenters. The summed E-state index contributed by atoms with van der Waals surface area (Å²) >= 11 is 15.8. The van der Waals surface area contributed by atoms with E-state index in [-0.39, 0.29) is 0 Å². The summed E-state index contributed by atoms with van der Waals surface area (Å²) in [6, 6.07) is 4.27. The average molecular weight is 353 g/mol. The van der Waals surface area contributed by atoms with Crippen LogP contribution in [0.3, 0.4) is 0 Å². The molecule has 0 fully saturated rings. The molecule has 0 radical (unpaired) electrons. The van der Waals surface area contributed by atoms with E-state index in [1.807, 2.05) is 0 Å². The summed E-state index contributed by atoms with van der Waals surface area (Å²) < 4.78 is 1.75. The SMILES string of the molecule is Cc1sc(Cl)cc1C1=C(c2cc(Cl)sc2C)C2C=CC1C2. The van der Waals surface area contributed by atoms with E-state index in [1.54, 1.807) is 22.7 Å². The van der Waals surface area contributed by atoms with Crippen LogP contribution in [0.4, 0.5) is 0 Å². The Labute approximate surface area is 142 Å². The van der Waals surface area contributed by atoms with E-state index in [2.05, 4.69) is 38.1 Å². The Morgan fingerprint density at radius 2 is 1.29 bits per heavy atom. The summed E-state index contributed by atoms with van der Waals surface area (Å²) in [5, 5.41) is 0. The molecule has 0 aromatic carbocycles. The number of hydrogen-bond acceptors (Lipinski definition) is 2. The zero-order chi connectivity index (χ0) is 14.7. The van der Waals surface area contributed by atoms with Gasteiger partial charge in [-0.3, -0.25) is 0 Å². The van der Waals surface area contributed by atoms with Crippen LogP contribution >= 0.6 is 45.9 Å². The third-order valence-corrected chi connectivity index (χ3v) is 6.83. The molecule has 0 nitrogen and oxygen atoms in total. The summed E-state index contributed by atoms with van der Waals surface area (Å²) in [5.74, 6) is 1.07. The van der Waals surface area contributed by atoms with E-state index in [4.69, 9.17) is 23.2 Å². The van der Waals surface area contributed by atoms with Crippen molar-refractivity contribution in [2.45, 2.75) is 20.3 Å².